The van der Waals surface area contributed by atoms with Crippen molar-refractivity contribution in [2.45, 2.75) is 6.42 Å². The monoisotopic (exact) mass is 199 g/mol. The van der Waals surface area contributed by atoms with Crippen LogP contribution in [0.4, 0.5) is 0 Å². The number of hydrogen-bond acceptors (Lipinski definition) is 4. The maximum Gasteiger partial charge on any atom is 0.307 e. The average molecular weight is 199 g/mol. The summed E-state index contributed by atoms with van der Waals surface area (Å²) in [7, 11) is 1.28. The van der Waals surface area contributed by atoms with E-state index in [4.69, 9.17) is 5.11 Å². The van der Waals surface area contributed by atoms with E-state index >= 15 is 0 Å². The molecule has 0 atom stereocenters. The van der Waals surface area contributed by atoms with Gasteiger partial charge < -0.3 is 15.2 Å². The van der Waals surface area contributed by atoms with Crippen molar-refractivity contribution >= 4 is 11.9 Å². The molecule has 0 radical (unpaired) electrons. The van der Waals surface area contributed by atoms with Crippen LogP contribution in [0.5, 0.6) is 0 Å². The van der Waals surface area contributed by atoms with Gasteiger partial charge in [-0.25, -0.2) is 0 Å². The highest BCUT2D eigenvalue weighted by Crippen LogP contribution is 1.85. The summed E-state index contributed by atoms with van der Waals surface area (Å²) >= 11 is 0. The first-order valence-corrected chi connectivity index (χ1v) is 3.97. The zero-order valence-corrected chi connectivity index (χ0v) is 7.95. The van der Waals surface area contributed by atoms with Crippen molar-refractivity contribution in [1.82, 2.24) is 5.32 Å². The van der Waals surface area contributed by atoms with Gasteiger partial charge in [-0.1, -0.05) is 6.58 Å². The molecule has 0 aromatic rings. The van der Waals surface area contributed by atoms with Gasteiger partial charge in [0.25, 0.3) is 0 Å². The van der Waals surface area contributed by atoms with Crippen molar-refractivity contribution in [2.75, 3.05) is 13.7 Å². The number of allylic oxidation sites excluding steroid dienone is 1. The van der Waals surface area contributed by atoms with Crippen LogP contribution < -0.4 is 5.32 Å². The molecule has 0 aliphatic carbocycles. The van der Waals surface area contributed by atoms with Gasteiger partial charge in [0.2, 0.25) is 5.91 Å². The van der Waals surface area contributed by atoms with Crippen LogP contribution in [0, 0.1) is 0 Å². The van der Waals surface area contributed by atoms with Crippen LogP contribution in [-0.4, -0.2) is 30.6 Å². The van der Waals surface area contributed by atoms with Crippen molar-refractivity contribution in [1.29, 1.82) is 0 Å². The van der Waals surface area contributed by atoms with E-state index < -0.39 is 5.91 Å². The van der Waals surface area contributed by atoms with E-state index in [1.54, 1.807) is 0 Å². The third-order valence-electron chi connectivity index (χ3n) is 1.28. The van der Waals surface area contributed by atoms with Crippen molar-refractivity contribution in [3.8, 4) is 0 Å². The molecule has 0 heterocycles. The van der Waals surface area contributed by atoms with Gasteiger partial charge in [0, 0.05) is 12.6 Å². The van der Waals surface area contributed by atoms with Gasteiger partial charge in [0.15, 0.2) is 0 Å². The number of amides is 1. The lowest BCUT2D eigenvalue weighted by Gasteiger charge is -2.00. The highest BCUT2D eigenvalue weighted by atomic mass is 16.5. The minimum absolute atomic E-state index is 0.121. The number of ether oxygens (including phenoxy) is 1. The summed E-state index contributed by atoms with van der Waals surface area (Å²) in [6.45, 7) is 3.37. The molecule has 5 nitrogen and oxygen atoms in total. The van der Waals surface area contributed by atoms with Gasteiger partial charge in [0.1, 0.15) is 5.76 Å². The maximum atomic E-state index is 10.9. The number of esters is 1. The zero-order chi connectivity index (χ0) is 11.0. The van der Waals surface area contributed by atoms with E-state index in [-0.39, 0.29) is 24.7 Å². The Balaban J connectivity index is 3.65. The lowest BCUT2D eigenvalue weighted by atomic mass is 10.4. The number of carbonyl (C=O) groups is 2. The smallest absolute Gasteiger partial charge is 0.307 e. The minimum atomic E-state index is -0.399. The van der Waals surface area contributed by atoms with E-state index in [9.17, 15) is 9.59 Å². The Kier molecular flexibility index (Phi) is 5.85. The second kappa shape index (κ2) is 6.71. The summed E-state index contributed by atoms with van der Waals surface area (Å²) in [4.78, 5) is 21.5. The molecule has 5 heteroatoms. The number of hydrogen-bond donors (Lipinski definition) is 2. The summed E-state index contributed by atoms with van der Waals surface area (Å²) < 4.78 is 4.37. The first kappa shape index (κ1) is 12.2. The van der Waals surface area contributed by atoms with E-state index in [1.807, 2.05) is 0 Å². The average Bonchev–Trinajstić information content (AvgIpc) is 2.14. The summed E-state index contributed by atoms with van der Waals surface area (Å²) in [5.74, 6) is -0.988. The third kappa shape index (κ3) is 6.90. The largest absolute Gasteiger partial charge is 0.509 e. The van der Waals surface area contributed by atoms with Crippen LogP contribution in [0.15, 0.2) is 24.5 Å². The highest BCUT2D eigenvalue weighted by Gasteiger charge is 2.00. The van der Waals surface area contributed by atoms with Crippen molar-refractivity contribution in [2.24, 2.45) is 0 Å². The number of methoxy groups -OCH3 is 1. The molecule has 0 bridgehead atoms. The Labute approximate surface area is 82.1 Å². The minimum Gasteiger partial charge on any atom is -0.509 e. The van der Waals surface area contributed by atoms with Crippen LogP contribution in [-0.2, 0) is 14.3 Å². The number of rotatable bonds is 5. The Morgan fingerprint density at radius 1 is 1.50 bits per heavy atom. The molecule has 0 aliphatic heterocycles. The molecule has 0 aromatic heterocycles. The molecule has 0 spiro atoms. The summed E-state index contributed by atoms with van der Waals surface area (Å²) in [5, 5.41) is 11.0. The van der Waals surface area contributed by atoms with Gasteiger partial charge in [-0.05, 0) is 6.08 Å². The maximum absolute atomic E-state index is 10.9. The quantitative estimate of drug-likeness (QED) is 0.289. The lowest BCUT2D eigenvalue weighted by molar-refractivity contribution is -0.140. The molecule has 1 amide bonds. The second-order valence-electron chi connectivity index (χ2n) is 2.44. The fourth-order valence-electron chi connectivity index (χ4n) is 0.621. The van der Waals surface area contributed by atoms with Crippen LogP contribution in [0.2, 0.25) is 0 Å². The van der Waals surface area contributed by atoms with Crippen LogP contribution in [0.3, 0.4) is 0 Å². The Morgan fingerprint density at radius 2 is 2.14 bits per heavy atom. The Morgan fingerprint density at radius 3 is 2.64 bits per heavy atom. The molecule has 0 rings (SSSR count). The fraction of sp³-hybridized carbons (Fsp3) is 0.333. The van der Waals surface area contributed by atoms with Crippen molar-refractivity contribution in [3.63, 3.8) is 0 Å². The Hall–Kier alpha value is -1.78. The molecule has 0 aromatic carbocycles. The molecule has 78 valence electrons. The molecule has 2 N–H and O–H groups in total. The van der Waals surface area contributed by atoms with E-state index in [0.717, 1.165) is 12.2 Å². The zero-order valence-electron chi connectivity index (χ0n) is 7.95. The van der Waals surface area contributed by atoms with Crippen molar-refractivity contribution < 1.29 is 19.4 Å². The number of aliphatic hydroxyl groups is 1. The fourth-order valence-corrected chi connectivity index (χ4v) is 0.621. The van der Waals surface area contributed by atoms with Crippen molar-refractivity contribution in [3.05, 3.63) is 24.5 Å². The molecule has 0 saturated carbocycles. The van der Waals surface area contributed by atoms with Crippen LogP contribution >= 0.6 is 0 Å². The third-order valence-corrected chi connectivity index (χ3v) is 1.28. The van der Waals surface area contributed by atoms with Crippen LogP contribution in [0.25, 0.3) is 0 Å². The molecule has 0 unspecified atom stereocenters. The predicted molar refractivity (Wildman–Crippen MR) is 50.6 cm³/mol. The Bertz CT molecular complexity index is 258. The molecular formula is C9H13NO4. The SMILES string of the molecule is C=C(O)/C=C/C(=O)NCCC(=O)OC. The number of carbonyl (C=O) groups excluding carboxylic acids is 2. The second-order valence-corrected chi connectivity index (χ2v) is 2.44. The summed E-state index contributed by atoms with van der Waals surface area (Å²) in [6.07, 6.45) is 2.41. The lowest BCUT2D eigenvalue weighted by Crippen LogP contribution is -2.24. The van der Waals surface area contributed by atoms with Crippen LogP contribution in [0.1, 0.15) is 6.42 Å². The van der Waals surface area contributed by atoms with Gasteiger partial charge in [-0.15, -0.1) is 0 Å². The standard InChI is InChI=1S/C9H13NO4/c1-7(11)3-4-8(12)10-6-5-9(13)14-2/h3-4,11H,1,5-6H2,2H3,(H,10,12)/b4-3+. The molecule has 0 fully saturated rings. The van der Waals surface area contributed by atoms with E-state index in [1.165, 1.54) is 7.11 Å². The van der Waals surface area contributed by atoms with Gasteiger partial charge in [0.05, 0.1) is 13.5 Å². The molecule has 0 aliphatic rings. The highest BCUT2D eigenvalue weighted by molar-refractivity contribution is 5.88. The van der Waals surface area contributed by atoms with Gasteiger partial charge in [-0.2, -0.15) is 0 Å². The molecular weight excluding hydrogens is 186 g/mol. The van der Waals surface area contributed by atoms with E-state index in [2.05, 4.69) is 16.6 Å². The predicted octanol–water partition coefficient (Wildman–Crippen LogP) is 0.294. The summed E-state index contributed by atoms with van der Waals surface area (Å²) in [5.41, 5.74) is 0. The topological polar surface area (TPSA) is 75.6 Å². The van der Waals surface area contributed by atoms with Gasteiger partial charge >= 0.3 is 5.97 Å². The molecule has 0 saturated heterocycles. The molecule has 14 heavy (non-hydrogen) atoms. The van der Waals surface area contributed by atoms with Gasteiger partial charge in [-0.3, -0.25) is 9.59 Å². The normalized spacial score (nSPS) is 9.79. The number of nitrogens with one attached hydrogen (secondary N) is 1. The summed E-state index contributed by atoms with van der Waals surface area (Å²) in [6, 6.07) is 0. The first-order chi connectivity index (χ1) is 6.56. The number of aliphatic hydroxyl groups excluding tert-OH is 1. The first-order valence-electron chi connectivity index (χ1n) is 3.97. The van der Waals surface area contributed by atoms with E-state index in [0.29, 0.717) is 0 Å².